The molecular formula is C17H21ClN2O2. The molecule has 1 heterocycles. The molecule has 0 bridgehead atoms. The molecule has 118 valence electrons. The summed E-state index contributed by atoms with van der Waals surface area (Å²) in [7, 11) is 0. The summed E-state index contributed by atoms with van der Waals surface area (Å²) in [5.41, 5.74) is 8.33. The highest BCUT2D eigenvalue weighted by Gasteiger charge is 2.28. The van der Waals surface area contributed by atoms with Crippen molar-refractivity contribution in [2.75, 3.05) is 5.32 Å². The van der Waals surface area contributed by atoms with Gasteiger partial charge in [-0.2, -0.15) is 0 Å². The smallest absolute Gasteiger partial charge is 0.227 e. The molecule has 2 atom stereocenters. The number of nitrogens with two attached hydrogens (primary N) is 1. The van der Waals surface area contributed by atoms with Gasteiger partial charge in [-0.25, -0.2) is 0 Å². The first-order chi connectivity index (χ1) is 10.5. The van der Waals surface area contributed by atoms with Gasteiger partial charge in [-0.15, -0.1) is 0 Å². The average molecular weight is 321 g/mol. The van der Waals surface area contributed by atoms with Crippen molar-refractivity contribution in [2.45, 2.75) is 45.6 Å². The van der Waals surface area contributed by atoms with Gasteiger partial charge < -0.3 is 15.5 Å². The number of nitrogens with one attached hydrogen (secondary N) is 1. The van der Waals surface area contributed by atoms with Crippen molar-refractivity contribution in [3.63, 3.8) is 0 Å². The van der Waals surface area contributed by atoms with Crippen molar-refractivity contribution in [3.8, 4) is 0 Å². The zero-order valence-corrected chi connectivity index (χ0v) is 13.7. The lowest BCUT2D eigenvalue weighted by Crippen LogP contribution is -2.23. The molecule has 3 N–H and O–H groups in total. The summed E-state index contributed by atoms with van der Waals surface area (Å²) in [5.74, 6) is 0.907. The van der Waals surface area contributed by atoms with Crippen LogP contribution in [0.5, 0.6) is 0 Å². The molecule has 1 saturated carbocycles. The number of aryl methyl sites for hydroxylation is 2. The van der Waals surface area contributed by atoms with Crippen LogP contribution in [0.2, 0.25) is 5.02 Å². The molecule has 0 saturated heterocycles. The maximum atomic E-state index is 12.4. The number of anilines is 1. The molecule has 0 aliphatic heterocycles. The van der Waals surface area contributed by atoms with Crippen LogP contribution in [0, 0.1) is 12.8 Å². The first-order valence-corrected chi connectivity index (χ1v) is 8.15. The zero-order valence-electron chi connectivity index (χ0n) is 12.9. The summed E-state index contributed by atoms with van der Waals surface area (Å²) in [6, 6.07) is 3.77. The van der Waals surface area contributed by atoms with E-state index in [0.717, 1.165) is 42.4 Å². The van der Waals surface area contributed by atoms with Gasteiger partial charge in [0.15, 0.2) is 5.58 Å². The monoisotopic (exact) mass is 320 g/mol. The van der Waals surface area contributed by atoms with Gasteiger partial charge in [0.25, 0.3) is 0 Å². The molecule has 3 rings (SSSR count). The van der Waals surface area contributed by atoms with Crippen LogP contribution in [0.1, 0.15) is 37.5 Å². The number of amides is 1. The normalized spacial score (nSPS) is 21.5. The predicted octanol–water partition coefficient (Wildman–Crippen LogP) is 4.02. The number of fused-ring (bicyclic) bond motifs is 1. The number of rotatable bonds is 3. The number of hydrogen-bond donors (Lipinski definition) is 2. The number of carbonyl (C=O) groups is 1. The number of halogens is 1. The van der Waals surface area contributed by atoms with Crippen LogP contribution < -0.4 is 11.1 Å². The fourth-order valence-corrected chi connectivity index (χ4v) is 3.47. The van der Waals surface area contributed by atoms with Gasteiger partial charge >= 0.3 is 0 Å². The van der Waals surface area contributed by atoms with Crippen molar-refractivity contribution in [3.05, 3.63) is 28.5 Å². The second-order valence-electron chi connectivity index (χ2n) is 6.09. The lowest BCUT2D eigenvalue weighted by molar-refractivity contribution is -0.119. The first kappa shape index (κ1) is 15.4. The van der Waals surface area contributed by atoms with Crippen LogP contribution in [0.4, 0.5) is 5.69 Å². The van der Waals surface area contributed by atoms with E-state index in [0.29, 0.717) is 16.3 Å². The number of hydrogen-bond acceptors (Lipinski definition) is 3. The van der Waals surface area contributed by atoms with Gasteiger partial charge in [-0.05, 0) is 43.9 Å². The summed E-state index contributed by atoms with van der Waals surface area (Å²) in [6.45, 7) is 4.06. The molecule has 22 heavy (non-hydrogen) atoms. The quantitative estimate of drug-likeness (QED) is 0.897. The van der Waals surface area contributed by atoms with Crippen LogP contribution in [0.3, 0.4) is 0 Å². The average Bonchev–Trinajstić information content (AvgIpc) is 3.04. The van der Waals surface area contributed by atoms with Gasteiger partial charge in [-0.1, -0.05) is 18.5 Å². The Morgan fingerprint density at radius 1 is 1.45 bits per heavy atom. The summed E-state index contributed by atoms with van der Waals surface area (Å²) in [4.78, 5) is 12.4. The molecule has 1 aromatic heterocycles. The third kappa shape index (κ3) is 2.73. The zero-order chi connectivity index (χ0) is 15.9. The second kappa shape index (κ2) is 5.94. The molecule has 1 amide bonds. The molecular weight excluding hydrogens is 300 g/mol. The SMILES string of the molecule is CCc1oc2c(NC(=O)[C@@H]3CC[C@H](N)C3)cc(Cl)cc2c1C. The Hall–Kier alpha value is -1.52. The molecule has 1 aliphatic rings. The van der Waals surface area contributed by atoms with Crippen molar-refractivity contribution >= 4 is 34.2 Å². The second-order valence-corrected chi connectivity index (χ2v) is 6.53. The van der Waals surface area contributed by atoms with Gasteiger partial charge in [-0.3, -0.25) is 4.79 Å². The molecule has 1 aliphatic carbocycles. The largest absolute Gasteiger partial charge is 0.459 e. The Morgan fingerprint density at radius 2 is 2.23 bits per heavy atom. The number of carbonyl (C=O) groups excluding carboxylic acids is 1. The van der Waals surface area contributed by atoms with Crippen molar-refractivity contribution < 1.29 is 9.21 Å². The summed E-state index contributed by atoms with van der Waals surface area (Å²) in [6.07, 6.45) is 3.30. The molecule has 4 nitrogen and oxygen atoms in total. The topological polar surface area (TPSA) is 68.3 Å². The Bertz CT molecular complexity index is 723. The van der Waals surface area contributed by atoms with Crippen LogP contribution >= 0.6 is 11.6 Å². The minimum Gasteiger partial charge on any atom is -0.459 e. The third-order valence-electron chi connectivity index (χ3n) is 4.52. The van der Waals surface area contributed by atoms with Crippen molar-refractivity contribution in [2.24, 2.45) is 11.7 Å². The van der Waals surface area contributed by atoms with Crippen molar-refractivity contribution in [1.82, 2.24) is 0 Å². The molecule has 2 aromatic rings. The Morgan fingerprint density at radius 3 is 2.86 bits per heavy atom. The van der Waals surface area contributed by atoms with E-state index >= 15 is 0 Å². The van der Waals surface area contributed by atoms with E-state index in [1.807, 2.05) is 19.9 Å². The number of furan rings is 1. The van der Waals surface area contributed by atoms with Crippen LogP contribution in [0.25, 0.3) is 11.0 Å². The maximum Gasteiger partial charge on any atom is 0.227 e. The molecule has 1 aromatic carbocycles. The molecule has 0 radical (unpaired) electrons. The van der Waals surface area contributed by atoms with E-state index in [2.05, 4.69) is 5.32 Å². The fourth-order valence-electron chi connectivity index (χ4n) is 3.25. The predicted molar refractivity (Wildman–Crippen MR) is 89.3 cm³/mol. The lowest BCUT2D eigenvalue weighted by atomic mass is 10.1. The highest BCUT2D eigenvalue weighted by atomic mass is 35.5. The standard InChI is InChI=1S/C17H21ClN2O2/c1-3-15-9(2)13-7-11(18)8-14(16(13)22-15)20-17(21)10-4-5-12(19)6-10/h7-8,10,12H,3-6,19H2,1-2H3,(H,20,21)/t10-,12+/m1/s1. The summed E-state index contributed by atoms with van der Waals surface area (Å²) < 4.78 is 5.92. The Kier molecular flexibility index (Phi) is 4.15. The minimum atomic E-state index is -0.0225. The van der Waals surface area contributed by atoms with E-state index in [4.69, 9.17) is 21.8 Å². The minimum absolute atomic E-state index is 0.00335. The van der Waals surface area contributed by atoms with Gasteiger partial charge in [0.05, 0.1) is 5.69 Å². The molecule has 1 fully saturated rings. The third-order valence-corrected chi connectivity index (χ3v) is 4.74. The Balaban J connectivity index is 1.94. The molecule has 5 heteroatoms. The summed E-state index contributed by atoms with van der Waals surface area (Å²) in [5, 5.41) is 4.54. The summed E-state index contributed by atoms with van der Waals surface area (Å²) >= 11 is 6.20. The highest BCUT2D eigenvalue weighted by Crippen LogP contribution is 2.35. The van der Waals surface area contributed by atoms with Crippen molar-refractivity contribution in [1.29, 1.82) is 0 Å². The van der Waals surface area contributed by atoms with E-state index < -0.39 is 0 Å². The van der Waals surface area contributed by atoms with Crippen LogP contribution in [-0.2, 0) is 11.2 Å². The first-order valence-electron chi connectivity index (χ1n) is 7.77. The highest BCUT2D eigenvalue weighted by molar-refractivity contribution is 6.32. The fraction of sp³-hybridized carbons (Fsp3) is 0.471. The number of benzene rings is 1. The van der Waals surface area contributed by atoms with Gasteiger partial charge in [0.1, 0.15) is 5.76 Å². The van der Waals surface area contributed by atoms with E-state index in [1.165, 1.54) is 0 Å². The Labute approximate surface area is 135 Å². The molecule has 0 unspecified atom stereocenters. The van der Waals surface area contributed by atoms with Crippen LogP contribution in [0.15, 0.2) is 16.5 Å². The molecule has 0 spiro atoms. The van der Waals surface area contributed by atoms with E-state index in [-0.39, 0.29) is 17.9 Å². The van der Waals surface area contributed by atoms with Crippen LogP contribution in [-0.4, -0.2) is 11.9 Å². The van der Waals surface area contributed by atoms with Gasteiger partial charge in [0.2, 0.25) is 5.91 Å². The van der Waals surface area contributed by atoms with E-state index in [9.17, 15) is 4.79 Å². The van der Waals surface area contributed by atoms with Gasteiger partial charge in [0, 0.05) is 28.8 Å². The van der Waals surface area contributed by atoms with E-state index in [1.54, 1.807) is 6.07 Å². The maximum absolute atomic E-state index is 12.4. The lowest BCUT2D eigenvalue weighted by Gasteiger charge is -2.11.